The number of carbonyl (C=O) groups excluding carboxylic acids is 3. The highest BCUT2D eigenvalue weighted by Crippen LogP contribution is 2.31. The number of hydrogen-bond acceptors (Lipinski definition) is 5. The van der Waals surface area contributed by atoms with Gasteiger partial charge in [0.05, 0.1) is 21.0 Å². The Morgan fingerprint density at radius 3 is 2.33 bits per heavy atom. The predicted molar refractivity (Wildman–Crippen MR) is 162 cm³/mol. The second-order valence-electron chi connectivity index (χ2n) is 8.26. The van der Waals surface area contributed by atoms with Crippen LogP contribution in [0.25, 0.3) is 6.08 Å². The van der Waals surface area contributed by atoms with E-state index < -0.39 is 11.2 Å². The third-order valence-corrected chi connectivity index (χ3v) is 8.02. The Kier molecular flexibility index (Phi) is 9.84. The predicted octanol–water partition coefficient (Wildman–Crippen LogP) is 7.58. The molecule has 1 atom stereocenters. The molecule has 0 radical (unpaired) electrons. The topological polar surface area (TPSA) is 87.3 Å². The molecule has 6 nitrogen and oxygen atoms in total. The standard InChI is InChI=1S/C29H23Cl2N3O3S2/c1-18(27(35)33-24-9-5-8-23(30)26(24)31)39-22-12-10-21(11-13-22)32-29(37)25(16-19-14-15-38-17-19)34-28(36)20-6-3-2-4-7-20/h2-18H,1H3,(H,32,37)(H,33,35)(H,34,36)/b25-16-. The minimum Gasteiger partial charge on any atom is -0.324 e. The number of carbonyl (C=O) groups is 3. The van der Waals surface area contributed by atoms with E-state index in [2.05, 4.69) is 16.0 Å². The van der Waals surface area contributed by atoms with Crippen LogP contribution in [0.1, 0.15) is 22.8 Å². The highest BCUT2D eigenvalue weighted by atomic mass is 35.5. The van der Waals surface area contributed by atoms with Crippen molar-refractivity contribution in [2.24, 2.45) is 0 Å². The molecule has 0 saturated carbocycles. The van der Waals surface area contributed by atoms with E-state index in [-0.39, 0.29) is 22.5 Å². The molecule has 0 bridgehead atoms. The van der Waals surface area contributed by atoms with Crippen molar-refractivity contribution in [2.45, 2.75) is 17.1 Å². The van der Waals surface area contributed by atoms with Gasteiger partial charge in [-0.05, 0) is 83.9 Å². The molecule has 1 unspecified atom stereocenters. The number of thioether (sulfide) groups is 1. The first-order chi connectivity index (χ1) is 18.8. The normalized spacial score (nSPS) is 11.9. The minimum atomic E-state index is -0.461. The largest absolute Gasteiger partial charge is 0.324 e. The van der Waals surface area contributed by atoms with Crippen molar-refractivity contribution >= 4 is 81.5 Å². The van der Waals surface area contributed by atoms with Crippen LogP contribution in [0.4, 0.5) is 11.4 Å². The quantitative estimate of drug-likeness (QED) is 0.137. The molecule has 0 aliphatic heterocycles. The lowest BCUT2D eigenvalue weighted by molar-refractivity contribution is -0.115. The van der Waals surface area contributed by atoms with Crippen molar-refractivity contribution < 1.29 is 14.4 Å². The summed E-state index contributed by atoms with van der Waals surface area (Å²) in [5.74, 6) is -1.07. The number of benzene rings is 3. The molecule has 1 aromatic heterocycles. The summed E-state index contributed by atoms with van der Waals surface area (Å²) in [5.41, 5.74) is 2.35. The summed E-state index contributed by atoms with van der Waals surface area (Å²) < 4.78 is 0. The Morgan fingerprint density at radius 1 is 0.897 bits per heavy atom. The fraction of sp³-hybridized carbons (Fsp3) is 0.0690. The molecule has 10 heteroatoms. The molecular weight excluding hydrogens is 573 g/mol. The Balaban J connectivity index is 1.40. The smallest absolute Gasteiger partial charge is 0.272 e. The van der Waals surface area contributed by atoms with Gasteiger partial charge in [0, 0.05) is 16.1 Å². The molecule has 0 fully saturated rings. The lowest BCUT2D eigenvalue weighted by Gasteiger charge is -2.14. The van der Waals surface area contributed by atoms with Gasteiger partial charge in [0.25, 0.3) is 11.8 Å². The average Bonchev–Trinajstić information content (AvgIpc) is 3.45. The molecule has 0 aliphatic rings. The molecule has 39 heavy (non-hydrogen) atoms. The number of thiophene rings is 1. The van der Waals surface area contributed by atoms with Crippen LogP contribution in [0.5, 0.6) is 0 Å². The molecule has 0 aliphatic carbocycles. The Hall–Kier alpha value is -3.56. The summed E-state index contributed by atoms with van der Waals surface area (Å²) in [6.07, 6.45) is 1.63. The first-order valence-electron chi connectivity index (χ1n) is 11.7. The number of halogens is 2. The second-order valence-corrected chi connectivity index (χ2v) is 11.2. The van der Waals surface area contributed by atoms with Crippen LogP contribution in [0.2, 0.25) is 10.0 Å². The monoisotopic (exact) mass is 595 g/mol. The van der Waals surface area contributed by atoms with E-state index in [4.69, 9.17) is 23.2 Å². The molecule has 0 spiro atoms. The van der Waals surface area contributed by atoms with Crippen molar-refractivity contribution in [2.75, 3.05) is 10.6 Å². The highest BCUT2D eigenvalue weighted by molar-refractivity contribution is 8.00. The third-order valence-electron chi connectivity index (χ3n) is 5.39. The van der Waals surface area contributed by atoms with E-state index in [1.54, 1.807) is 79.7 Å². The molecule has 3 aromatic carbocycles. The molecular formula is C29H23Cl2N3O3S2. The third kappa shape index (κ3) is 7.97. The van der Waals surface area contributed by atoms with Gasteiger partial charge >= 0.3 is 0 Å². The lowest BCUT2D eigenvalue weighted by Crippen LogP contribution is -2.30. The first kappa shape index (κ1) is 28.4. The van der Waals surface area contributed by atoms with Gasteiger partial charge in [-0.15, -0.1) is 11.8 Å². The lowest BCUT2D eigenvalue weighted by atomic mass is 10.2. The summed E-state index contributed by atoms with van der Waals surface area (Å²) in [5, 5.41) is 12.3. The van der Waals surface area contributed by atoms with E-state index in [1.807, 2.05) is 22.9 Å². The minimum absolute atomic E-state index is 0.116. The number of rotatable bonds is 9. The van der Waals surface area contributed by atoms with E-state index >= 15 is 0 Å². The maximum atomic E-state index is 13.1. The summed E-state index contributed by atoms with van der Waals surface area (Å²) in [6, 6.07) is 22.7. The van der Waals surface area contributed by atoms with Gasteiger partial charge in [-0.25, -0.2) is 0 Å². The highest BCUT2D eigenvalue weighted by Gasteiger charge is 2.18. The van der Waals surface area contributed by atoms with Crippen LogP contribution < -0.4 is 16.0 Å². The Morgan fingerprint density at radius 2 is 1.64 bits per heavy atom. The first-order valence-corrected chi connectivity index (χ1v) is 14.3. The van der Waals surface area contributed by atoms with Gasteiger partial charge in [-0.2, -0.15) is 11.3 Å². The number of amides is 3. The van der Waals surface area contributed by atoms with E-state index in [0.717, 1.165) is 10.5 Å². The molecule has 0 saturated heterocycles. The zero-order valence-corrected chi connectivity index (χ0v) is 23.8. The molecule has 198 valence electrons. The zero-order valence-electron chi connectivity index (χ0n) is 20.6. The van der Waals surface area contributed by atoms with E-state index in [9.17, 15) is 14.4 Å². The average molecular weight is 597 g/mol. The van der Waals surface area contributed by atoms with Crippen LogP contribution in [0, 0.1) is 0 Å². The maximum Gasteiger partial charge on any atom is 0.272 e. The fourth-order valence-electron chi connectivity index (χ4n) is 3.37. The number of anilines is 2. The van der Waals surface area contributed by atoms with Crippen LogP contribution >= 0.6 is 46.3 Å². The van der Waals surface area contributed by atoms with Crippen molar-refractivity contribution in [1.29, 1.82) is 0 Å². The SMILES string of the molecule is CC(Sc1ccc(NC(=O)/C(=C/c2ccsc2)NC(=O)c2ccccc2)cc1)C(=O)Nc1cccc(Cl)c1Cl. The van der Waals surface area contributed by atoms with Crippen molar-refractivity contribution in [1.82, 2.24) is 5.32 Å². The molecule has 3 amide bonds. The van der Waals surface area contributed by atoms with E-state index in [1.165, 1.54) is 23.1 Å². The number of nitrogens with one attached hydrogen (secondary N) is 3. The van der Waals surface area contributed by atoms with Crippen LogP contribution in [0.3, 0.4) is 0 Å². The van der Waals surface area contributed by atoms with Crippen molar-refractivity contribution in [3.63, 3.8) is 0 Å². The molecule has 1 heterocycles. The van der Waals surface area contributed by atoms with E-state index in [0.29, 0.717) is 22.0 Å². The van der Waals surface area contributed by atoms with Gasteiger partial charge in [-0.3, -0.25) is 14.4 Å². The molecule has 4 aromatic rings. The van der Waals surface area contributed by atoms with Gasteiger partial charge < -0.3 is 16.0 Å². The maximum absolute atomic E-state index is 13.1. The zero-order chi connectivity index (χ0) is 27.8. The van der Waals surface area contributed by atoms with Gasteiger partial charge in [0.15, 0.2) is 0 Å². The summed E-state index contributed by atoms with van der Waals surface area (Å²) in [6.45, 7) is 1.78. The number of hydrogen-bond donors (Lipinski definition) is 3. The summed E-state index contributed by atoms with van der Waals surface area (Å²) >= 11 is 15.0. The van der Waals surface area contributed by atoms with Crippen molar-refractivity contribution in [3.05, 3.63) is 116 Å². The van der Waals surface area contributed by atoms with Gasteiger partial charge in [0.1, 0.15) is 5.70 Å². The molecule has 4 rings (SSSR count). The molecule has 3 N–H and O–H groups in total. The van der Waals surface area contributed by atoms with Gasteiger partial charge in [0.2, 0.25) is 5.91 Å². The Labute approximate surface area is 244 Å². The van der Waals surface area contributed by atoms with Crippen LogP contribution in [-0.2, 0) is 9.59 Å². The summed E-state index contributed by atoms with van der Waals surface area (Å²) in [7, 11) is 0. The van der Waals surface area contributed by atoms with Crippen LogP contribution in [-0.4, -0.2) is 23.0 Å². The van der Waals surface area contributed by atoms with Crippen molar-refractivity contribution in [3.8, 4) is 0 Å². The Bertz CT molecular complexity index is 1490. The second kappa shape index (κ2) is 13.5. The fourth-order valence-corrected chi connectivity index (χ4v) is 5.21. The summed E-state index contributed by atoms with van der Waals surface area (Å²) in [4.78, 5) is 39.3. The van der Waals surface area contributed by atoms with Crippen LogP contribution in [0.15, 0.2) is 100 Å². The van der Waals surface area contributed by atoms with Gasteiger partial charge in [-0.1, -0.05) is 47.5 Å².